The molecule has 0 fully saturated rings. The van der Waals surface area contributed by atoms with E-state index >= 15 is 0 Å². The maximum Gasteiger partial charge on any atom is 0.250 e. The van der Waals surface area contributed by atoms with Crippen LogP contribution in [0.25, 0.3) is 0 Å². The van der Waals surface area contributed by atoms with E-state index in [1.807, 2.05) is 0 Å². The van der Waals surface area contributed by atoms with Crippen molar-refractivity contribution in [3.63, 3.8) is 0 Å². The van der Waals surface area contributed by atoms with Gasteiger partial charge in [-0.2, -0.15) is 0 Å². The van der Waals surface area contributed by atoms with Crippen LogP contribution in [-0.2, 0) is 9.16 Å². The monoisotopic (exact) mass is 514 g/mol. The molecule has 5 aliphatic rings. The van der Waals surface area contributed by atoms with Crippen LogP contribution in [-0.4, -0.2) is 20.0 Å². The van der Waals surface area contributed by atoms with Crippen LogP contribution in [0, 0.1) is 11.3 Å². The first-order valence-electron chi connectivity index (χ1n) is 10.8. The Kier molecular flexibility index (Phi) is 5.86. The van der Waals surface area contributed by atoms with Crippen LogP contribution >= 0.6 is 22.6 Å². The van der Waals surface area contributed by atoms with Gasteiger partial charge in [0.15, 0.2) is 0 Å². The second-order valence-corrected chi connectivity index (χ2v) is 17.1. The molecule has 0 aromatic rings. The second-order valence-electron chi connectivity index (χ2n) is 11.3. The maximum absolute atomic E-state index is 6.99. The molecule has 4 atom stereocenters. The van der Waals surface area contributed by atoms with E-state index in [9.17, 15) is 0 Å². The second kappa shape index (κ2) is 7.26. The van der Waals surface area contributed by atoms with E-state index in [2.05, 4.69) is 96.3 Å². The largest absolute Gasteiger partial charge is 0.543 e. The van der Waals surface area contributed by atoms with Gasteiger partial charge in [0, 0.05) is 14.6 Å². The molecule has 0 saturated heterocycles. The number of rotatable bonds is 2. The minimum Gasteiger partial charge on any atom is -0.543 e. The number of fused-ring (bicyclic) bond motifs is 1. The molecule has 0 aromatic carbocycles. The van der Waals surface area contributed by atoms with E-state index in [-0.39, 0.29) is 22.2 Å². The molecule has 4 bridgehead atoms. The van der Waals surface area contributed by atoms with Crippen molar-refractivity contribution in [3.05, 3.63) is 32.6 Å². The summed E-state index contributed by atoms with van der Waals surface area (Å²) in [6, 6.07) is 0. The average molecular weight is 515 g/mol. The van der Waals surface area contributed by atoms with Crippen molar-refractivity contribution in [2.75, 3.05) is 0 Å². The summed E-state index contributed by atoms with van der Waals surface area (Å²) < 4.78 is 15.2. The minimum absolute atomic E-state index is 0.156. The van der Waals surface area contributed by atoms with E-state index in [4.69, 9.17) is 9.16 Å². The molecular weight excluding hydrogens is 475 g/mol. The molecule has 3 aliphatic heterocycles. The highest BCUT2D eigenvalue weighted by molar-refractivity contribution is 14.1. The zero-order valence-electron chi connectivity index (χ0n) is 19.3. The number of halogens is 1. The molecule has 0 amide bonds. The van der Waals surface area contributed by atoms with E-state index < -0.39 is 8.32 Å². The van der Waals surface area contributed by atoms with Crippen LogP contribution in [0.15, 0.2) is 32.6 Å². The Labute approximate surface area is 187 Å². The molecule has 2 nitrogen and oxygen atoms in total. The topological polar surface area (TPSA) is 18.5 Å². The Morgan fingerprint density at radius 2 is 1.89 bits per heavy atom. The lowest BCUT2D eigenvalue weighted by Gasteiger charge is -2.50. The predicted octanol–water partition coefficient (Wildman–Crippen LogP) is 7.92. The predicted molar refractivity (Wildman–Crippen MR) is 130 cm³/mol. The molecule has 0 radical (unpaired) electrons. The van der Waals surface area contributed by atoms with Crippen molar-refractivity contribution in [1.82, 2.24) is 0 Å². The van der Waals surface area contributed by atoms with E-state index in [1.54, 1.807) is 0 Å². The summed E-state index contributed by atoms with van der Waals surface area (Å²) in [6.45, 7) is 21.1. The quantitative estimate of drug-likeness (QED) is 0.212. The summed E-state index contributed by atoms with van der Waals surface area (Å²) >= 11 is 2.62. The van der Waals surface area contributed by atoms with Crippen LogP contribution in [0.2, 0.25) is 18.1 Å². The van der Waals surface area contributed by atoms with Gasteiger partial charge in [-0.15, -0.1) is 0 Å². The highest BCUT2D eigenvalue weighted by atomic mass is 127. The molecule has 158 valence electrons. The van der Waals surface area contributed by atoms with Gasteiger partial charge in [-0.1, -0.05) is 46.3 Å². The van der Waals surface area contributed by atoms with Crippen molar-refractivity contribution in [1.29, 1.82) is 0 Å². The van der Waals surface area contributed by atoms with Gasteiger partial charge < -0.3 is 9.16 Å². The van der Waals surface area contributed by atoms with Crippen LogP contribution in [0.3, 0.4) is 0 Å². The van der Waals surface area contributed by atoms with Crippen molar-refractivity contribution >= 4 is 30.9 Å². The van der Waals surface area contributed by atoms with Crippen molar-refractivity contribution < 1.29 is 9.16 Å². The van der Waals surface area contributed by atoms with Crippen LogP contribution < -0.4 is 0 Å². The Morgan fingerprint density at radius 3 is 2.50 bits per heavy atom. The number of allylic oxidation sites excluding steroid dienone is 3. The van der Waals surface area contributed by atoms with E-state index in [0.717, 1.165) is 31.4 Å². The first-order valence-corrected chi connectivity index (χ1v) is 14.8. The standard InChI is InChI=1S/C24H39IO2Si/c1-16-11-10-12-23(6)15-19(27-28(8,9)22(3,4)5)20-18(26-23)13-17(2)24(7,14-16)21(20)25/h11,15,17-18H,10,12-14H2,1-9H3/b16-11-/t17-,18-,23+,24+/m1/s1. The summed E-state index contributed by atoms with van der Waals surface area (Å²) in [4.78, 5) is 0. The SMILES string of the molecule is C/C1=C/CC[C@@]2(C)C=C(O[Si](C)(C)C(C)(C)C)C3=C(I)[C@@](C)(C1)[C@H](C)C[C@H]3O2. The molecule has 3 heterocycles. The molecule has 28 heavy (non-hydrogen) atoms. The van der Waals surface area contributed by atoms with Crippen molar-refractivity contribution in [3.8, 4) is 0 Å². The maximum atomic E-state index is 6.99. The Balaban J connectivity index is 2.19. The fraction of sp³-hybridized carbons (Fsp3) is 0.750. The normalized spacial score (nSPS) is 38.6. The van der Waals surface area contributed by atoms with Crippen LogP contribution in [0.4, 0.5) is 0 Å². The third-order valence-corrected chi connectivity index (χ3v) is 13.9. The van der Waals surface area contributed by atoms with Crippen LogP contribution in [0.1, 0.15) is 74.1 Å². The summed E-state index contributed by atoms with van der Waals surface area (Å²) in [5.74, 6) is 1.72. The van der Waals surface area contributed by atoms with Gasteiger partial charge in [0.25, 0.3) is 0 Å². The van der Waals surface area contributed by atoms with E-state index in [1.165, 1.54) is 14.7 Å². The molecule has 2 aliphatic carbocycles. The summed E-state index contributed by atoms with van der Waals surface area (Å²) in [7, 11) is -1.93. The lowest BCUT2D eigenvalue weighted by atomic mass is 9.65. The Hall–Kier alpha value is -0.0731. The fourth-order valence-electron chi connectivity index (χ4n) is 4.60. The fourth-order valence-corrected chi connectivity index (χ4v) is 6.96. The van der Waals surface area contributed by atoms with Gasteiger partial charge in [-0.3, -0.25) is 0 Å². The van der Waals surface area contributed by atoms with Crippen molar-refractivity contribution in [2.24, 2.45) is 11.3 Å². The van der Waals surface area contributed by atoms with Gasteiger partial charge in [0.1, 0.15) is 5.76 Å². The molecule has 0 saturated carbocycles. The lowest BCUT2D eigenvalue weighted by Crippen LogP contribution is -2.47. The first-order chi connectivity index (χ1) is 12.7. The smallest absolute Gasteiger partial charge is 0.250 e. The summed E-state index contributed by atoms with van der Waals surface area (Å²) in [6.07, 6.45) is 9.21. The van der Waals surface area contributed by atoms with Gasteiger partial charge in [0.2, 0.25) is 8.32 Å². The highest BCUT2D eigenvalue weighted by Gasteiger charge is 2.50. The first kappa shape index (κ1) is 22.6. The van der Waals surface area contributed by atoms with Crippen molar-refractivity contribution in [2.45, 2.75) is 104 Å². The molecular formula is C24H39IO2Si. The number of hydrogen-bond donors (Lipinski definition) is 0. The molecule has 4 heteroatoms. The Bertz CT molecular complexity index is 742. The summed E-state index contributed by atoms with van der Waals surface area (Å²) in [5.41, 5.74) is 2.76. The summed E-state index contributed by atoms with van der Waals surface area (Å²) in [5, 5.41) is 0.182. The zero-order valence-corrected chi connectivity index (χ0v) is 22.5. The molecule has 0 spiro atoms. The van der Waals surface area contributed by atoms with E-state index in [0.29, 0.717) is 5.92 Å². The minimum atomic E-state index is -1.93. The number of ether oxygens (including phenoxy) is 1. The molecule has 0 N–H and O–H groups in total. The molecule has 0 aromatic heterocycles. The molecule has 0 unspecified atom stereocenters. The third-order valence-electron chi connectivity index (χ3n) is 7.78. The highest BCUT2D eigenvalue weighted by Crippen LogP contribution is 2.56. The third kappa shape index (κ3) is 3.94. The van der Waals surface area contributed by atoms with Crippen LogP contribution in [0.5, 0.6) is 0 Å². The van der Waals surface area contributed by atoms with Gasteiger partial charge >= 0.3 is 0 Å². The van der Waals surface area contributed by atoms with Gasteiger partial charge in [-0.25, -0.2) is 0 Å². The zero-order chi connectivity index (χ0) is 21.1. The van der Waals surface area contributed by atoms with Gasteiger partial charge in [0.05, 0.1) is 11.7 Å². The van der Waals surface area contributed by atoms with Gasteiger partial charge in [-0.05, 0) is 92.2 Å². The number of hydrogen-bond acceptors (Lipinski definition) is 2. The Morgan fingerprint density at radius 1 is 1.25 bits per heavy atom. The average Bonchev–Trinajstić information content (AvgIpc) is 2.53. The lowest BCUT2D eigenvalue weighted by molar-refractivity contribution is -0.0690. The molecule has 5 rings (SSSR count).